The van der Waals surface area contributed by atoms with Gasteiger partial charge in [-0.1, -0.05) is 0 Å². The van der Waals surface area contributed by atoms with Crippen LogP contribution in [0.3, 0.4) is 0 Å². The number of aliphatic carboxylic acids is 1. The van der Waals surface area contributed by atoms with Gasteiger partial charge in [0, 0.05) is 5.56 Å². The summed E-state index contributed by atoms with van der Waals surface area (Å²) >= 11 is 0. The summed E-state index contributed by atoms with van der Waals surface area (Å²) in [7, 11) is 1.62. The highest BCUT2D eigenvalue weighted by atomic mass is 16.5. The predicted molar refractivity (Wildman–Crippen MR) is 69.3 cm³/mol. The lowest BCUT2D eigenvalue weighted by molar-refractivity contribution is -0.136. The number of carbonyl (C=O) groups is 1. The van der Waals surface area contributed by atoms with Crippen LogP contribution in [0, 0.1) is 13.8 Å². The number of carboxylic acids is 1. The van der Waals surface area contributed by atoms with Gasteiger partial charge in [0.25, 0.3) is 0 Å². The van der Waals surface area contributed by atoms with Gasteiger partial charge in [-0.2, -0.15) is 0 Å². The summed E-state index contributed by atoms with van der Waals surface area (Å²) in [5.41, 5.74) is 3.37. The molecule has 1 heterocycles. The zero-order valence-corrected chi connectivity index (χ0v) is 11.1. The van der Waals surface area contributed by atoms with Crippen LogP contribution >= 0.6 is 0 Å². The molecule has 0 radical (unpaired) electrons. The summed E-state index contributed by atoms with van der Waals surface area (Å²) in [4.78, 5) is 14.9. The molecule has 0 saturated carbocycles. The third-order valence-electron chi connectivity index (χ3n) is 2.95. The number of benzene rings is 1. The first kappa shape index (κ1) is 13.1. The average Bonchev–Trinajstić information content (AvgIpc) is 2.78. The van der Waals surface area contributed by atoms with Gasteiger partial charge in [0.2, 0.25) is 0 Å². The average molecular weight is 261 g/mol. The molecule has 0 atom stereocenters. The van der Waals surface area contributed by atoms with Crippen molar-refractivity contribution in [3.63, 3.8) is 0 Å². The minimum atomic E-state index is -0.944. The number of oxazole rings is 1. The molecule has 0 fully saturated rings. The highest BCUT2D eigenvalue weighted by Crippen LogP contribution is 2.31. The van der Waals surface area contributed by atoms with E-state index >= 15 is 0 Å². The van der Waals surface area contributed by atoms with E-state index in [9.17, 15) is 4.79 Å². The Morgan fingerprint density at radius 3 is 2.74 bits per heavy atom. The van der Waals surface area contributed by atoms with Gasteiger partial charge < -0.3 is 14.3 Å². The summed E-state index contributed by atoms with van der Waals surface area (Å²) in [6, 6.07) is 3.83. The van der Waals surface area contributed by atoms with Crippen molar-refractivity contribution >= 4 is 5.97 Å². The van der Waals surface area contributed by atoms with E-state index in [1.54, 1.807) is 7.11 Å². The number of methoxy groups -OCH3 is 1. The lowest BCUT2D eigenvalue weighted by Gasteiger charge is -2.10. The van der Waals surface area contributed by atoms with Gasteiger partial charge >= 0.3 is 5.97 Å². The summed E-state index contributed by atoms with van der Waals surface area (Å²) < 4.78 is 10.4. The van der Waals surface area contributed by atoms with Crippen molar-refractivity contribution in [3.8, 4) is 17.0 Å². The fourth-order valence-electron chi connectivity index (χ4n) is 2.02. The first-order valence-electron chi connectivity index (χ1n) is 5.82. The van der Waals surface area contributed by atoms with E-state index in [-0.39, 0.29) is 6.42 Å². The minimum absolute atomic E-state index is 0.181. The van der Waals surface area contributed by atoms with Gasteiger partial charge in [-0.05, 0) is 37.1 Å². The number of ether oxygens (including phenoxy) is 1. The van der Waals surface area contributed by atoms with Crippen LogP contribution in [-0.2, 0) is 11.2 Å². The Kier molecular flexibility index (Phi) is 3.55. The molecule has 5 heteroatoms. The normalized spacial score (nSPS) is 10.5. The molecule has 0 aliphatic heterocycles. The van der Waals surface area contributed by atoms with E-state index in [4.69, 9.17) is 14.3 Å². The third-order valence-corrected chi connectivity index (χ3v) is 2.95. The smallest absolute Gasteiger partial charge is 0.311 e. The van der Waals surface area contributed by atoms with Gasteiger partial charge in [-0.3, -0.25) is 4.79 Å². The Morgan fingerprint density at radius 2 is 2.11 bits per heavy atom. The van der Waals surface area contributed by atoms with Crippen molar-refractivity contribution in [1.82, 2.24) is 4.98 Å². The topological polar surface area (TPSA) is 72.6 Å². The molecular formula is C14H15NO4. The molecular weight excluding hydrogens is 246 g/mol. The Balaban J connectivity index is 2.50. The number of aromatic nitrogens is 1. The molecule has 5 nitrogen and oxygen atoms in total. The van der Waals surface area contributed by atoms with Crippen molar-refractivity contribution < 1.29 is 19.1 Å². The zero-order valence-electron chi connectivity index (χ0n) is 11.1. The maximum atomic E-state index is 10.8. The maximum absolute atomic E-state index is 10.8. The van der Waals surface area contributed by atoms with E-state index in [1.807, 2.05) is 26.0 Å². The number of carboxylic acid groups (broad SMARTS) is 1. The third kappa shape index (κ3) is 2.59. The summed E-state index contributed by atoms with van der Waals surface area (Å²) in [6.45, 7) is 3.86. The van der Waals surface area contributed by atoms with Gasteiger partial charge in [0.05, 0.1) is 7.11 Å². The van der Waals surface area contributed by atoms with Crippen LogP contribution in [0.1, 0.15) is 16.9 Å². The van der Waals surface area contributed by atoms with E-state index in [2.05, 4.69) is 4.98 Å². The fourth-order valence-corrected chi connectivity index (χ4v) is 2.02. The summed E-state index contributed by atoms with van der Waals surface area (Å²) in [5.74, 6) is 0.214. The van der Waals surface area contributed by atoms with Crippen molar-refractivity contribution in [3.05, 3.63) is 35.4 Å². The lowest BCUT2D eigenvalue weighted by atomic mass is 10.0. The van der Waals surface area contributed by atoms with E-state index in [0.29, 0.717) is 11.5 Å². The Labute approximate surface area is 110 Å². The van der Waals surface area contributed by atoms with E-state index in [0.717, 1.165) is 22.4 Å². The molecule has 1 aromatic heterocycles. The standard InChI is InChI=1S/C14H15NO4/c1-8-5-11(18-3)9(2)4-10(8)14-12(6-13(16)17)19-7-15-14/h4-5,7H,6H2,1-3H3,(H,16,17). The number of hydrogen-bond acceptors (Lipinski definition) is 4. The quantitative estimate of drug-likeness (QED) is 0.915. The summed E-state index contributed by atoms with van der Waals surface area (Å²) in [5, 5.41) is 8.85. The van der Waals surface area contributed by atoms with Gasteiger partial charge in [-0.25, -0.2) is 4.98 Å². The molecule has 19 heavy (non-hydrogen) atoms. The number of nitrogens with zero attached hydrogens (tertiary/aromatic N) is 1. The van der Waals surface area contributed by atoms with E-state index in [1.165, 1.54) is 6.39 Å². The van der Waals surface area contributed by atoms with Crippen molar-refractivity contribution in [2.75, 3.05) is 7.11 Å². The predicted octanol–water partition coefficient (Wildman–Crippen LogP) is 2.59. The van der Waals surface area contributed by atoms with Crippen molar-refractivity contribution in [2.45, 2.75) is 20.3 Å². The van der Waals surface area contributed by atoms with Crippen LogP contribution in [-0.4, -0.2) is 23.2 Å². The molecule has 2 aromatic rings. The molecule has 0 amide bonds. The Morgan fingerprint density at radius 1 is 1.37 bits per heavy atom. The van der Waals surface area contributed by atoms with Crippen LogP contribution in [0.15, 0.2) is 22.9 Å². The lowest BCUT2D eigenvalue weighted by Crippen LogP contribution is -2.01. The number of aryl methyl sites for hydroxylation is 2. The Bertz CT molecular complexity index is 616. The van der Waals surface area contributed by atoms with Crippen molar-refractivity contribution in [2.24, 2.45) is 0 Å². The molecule has 0 unspecified atom stereocenters. The molecule has 0 aliphatic rings. The Hall–Kier alpha value is -2.30. The SMILES string of the molecule is COc1cc(C)c(-c2ncoc2CC(=O)O)cc1C. The second-order valence-corrected chi connectivity index (χ2v) is 4.33. The van der Waals surface area contributed by atoms with E-state index < -0.39 is 5.97 Å². The second kappa shape index (κ2) is 5.14. The van der Waals surface area contributed by atoms with Gasteiger partial charge in [0.15, 0.2) is 6.39 Å². The summed E-state index contributed by atoms with van der Waals surface area (Å²) in [6.07, 6.45) is 1.09. The highest BCUT2D eigenvalue weighted by Gasteiger charge is 2.16. The monoisotopic (exact) mass is 261 g/mol. The molecule has 1 aromatic carbocycles. The molecule has 1 N–H and O–H groups in total. The maximum Gasteiger partial charge on any atom is 0.311 e. The van der Waals surface area contributed by atoms with Crippen LogP contribution in [0.25, 0.3) is 11.3 Å². The van der Waals surface area contributed by atoms with Gasteiger partial charge in [0.1, 0.15) is 23.6 Å². The molecule has 0 aliphatic carbocycles. The number of rotatable bonds is 4. The minimum Gasteiger partial charge on any atom is -0.496 e. The van der Waals surface area contributed by atoms with Gasteiger partial charge in [-0.15, -0.1) is 0 Å². The fraction of sp³-hybridized carbons (Fsp3) is 0.286. The van der Waals surface area contributed by atoms with Crippen molar-refractivity contribution in [1.29, 1.82) is 0 Å². The zero-order chi connectivity index (χ0) is 14.0. The molecule has 0 bridgehead atoms. The molecule has 0 spiro atoms. The molecule has 2 rings (SSSR count). The first-order chi connectivity index (χ1) is 9.02. The van der Waals surface area contributed by atoms with Crippen LogP contribution < -0.4 is 4.74 Å². The molecule has 0 saturated heterocycles. The molecule has 100 valence electrons. The highest BCUT2D eigenvalue weighted by molar-refractivity contribution is 5.75. The van der Waals surface area contributed by atoms with Crippen LogP contribution in [0.5, 0.6) is 5.75 Å². The first-order valence-corrected chi connectivity index (χ1v) is 5.82. The second-order valence-electron chi connectivity index (χ2n) is 4.33. The number of hydrogen-bond donors (Lipinski definition) is 1. The largest absolute Gasteiger partial charge is 0.496 e. The van der Waals surface area contributed by atoms with Crippen LogP contribution in [0.4, 0.5) is 0 Å². The van der Waals surface area contributed by atoms with Crippen LogP contribution in [0.2, 0.25) is 0 Å².